The number of aldehydes is 1. The van der Waals surface area contributed by atoms with Crippen molar-refractivity contribution in [3.05, 3.63) is 17.5 Å². The molecule has 0 aliphatic heterocycles. The molecule has 0 aliphatic carbocycles. The SMILES string of the molecule is COCCCSc1ncc(C=O)c(C(=O)O)n1. The Kier molecular flexibility index (Phi) is 5.58. The molecule has 7 heteroatoms. The third-order valence-corrected chi connectivity index (χ3v) is 2.80. The van der Waals surface area contributed by atoms with Crippen LogP contribution in [0.4, 0.5) is 0 Å². The first kappa shape index (κ1) is 13.6. The molecule has 6 nitrogen and oxygen atoms in total. The van der Waals surface area contributed by atoms with Crippen LogP contribution in [0.3, 0.4) is 0 Å². The van der Waals surface area contributed by atoms with Crippen LogP contribution in [0.5, 0.6) is 0 Å². The van der Waals surface area contributed by atoms with Gasteiger partial charge in [-0.05, 0) is 6.42 Å². The Bertz CT molecular complexity index is 411. The molecule has 0 bridgehead atoms. The highest BCUT2D eigenvalue weighted by molar-refractivity contribution is 7.99. The minimum absolute atomic E-state index is 0.0151. The first-order valence-corrected chi connectivity index (χ1v) is 5.85. The number of hydrogen-bond acceptors (Lipinski definition) is 6. The molecule has 0 atom stereocenters. The van der Waals surface area contributed by atoms with Crippen LogP contribution in [0.25, 0.3) is 0 Å². The highest BCUT2D eigenvalue weighted by atomic mass is 32.2. The average molecular weight is 256 g/mol. The van der Waals surface area contributed by atoms with Gasteiger partial charge < -0.3 is 9.84 Å². The minimum Gasteiger partial charge on any atom is -0.476 e. The summed E-state index contributed by atoms with van der Waals surface area (Å²) in [6.45, 7) is 0.630. The fourth-order valence-corrected chi connectivity index (χ4v) is 1.80. The Morgan fingerprint density at radius 3 is 3.00 bits per heavy atom. The maximum absolute atomic E-state index is 10.8. The number of carboxylic acids is 1. The van der Waals surface area contributed by atoms with Crippen LogP contribution in [0.2, 0.25) is 0 Å². The van der Waals surface area contributed by atoms with Crippen molar-refractivity contribution in [3.8, 4) is 0 Å². The van der Waals surface area contributed by atoms with Gasteiger partial charge in [0.25, 0.3) is 0 Å². The maximum Gasteiger partial charge on any atom is 0.355 e. The molecule has 0 fully saturated rings. The van der Waals surface area contributed by atoms with Gasteiger partial charge in [-0.25, -0.2) is 14.8 Å². The Labute approximate surface area is 102 Å². The van der Waals surface area contributed by atoms with Gasteiger partial charge in [0.1, 0.15) is 0 Å². The van der Waals surface area contributed by atoms with Crippen molar-refractivity contribution in [1.82, 2.24) is 9.97 Å². The Hall–Kier alpha value is -1.47. The van der Waals surface area contributed by atoms with E-state index >= 15 is 0 Å². The molecule has 17 heavy (non-hydrogen) atoms. The molecule has 0 amide bonds. The Balaban J connectivity index is 2.71. The summed E-state index contributed by atoms with van der Waals surface area (Å²) in [4.78, 5) is 29.1. The number of rotatable bonds is 7. The number of carbonyl (C=O) groups is 2. The van der Waals surface area contributed by atoms with Crippen molar-refractivity contribution in [2.45, 2.75) is 11.6 Å². The van der Waals surface area contributed by atoms with Gasteiger partial charge in [0, 0.05) is 25.7 Å². The van der Waals surface area contributed by atoms with Gasteiger partial charge in [0.15, 0.2) is 17.1 Å². The fourth-order valence-electron chi connectivity index (χ4n) is 1.07. The monoisotopic (exact) mass is 256 g/mol. The summed E-state index contributed by atoms with van der Waals surface area (Å²) in [5, 5.41) is 9.20. The zero-order valence-corrected chi connectivity index (χ0v) is 10.1. The first-order chi connectivity index (χ1) is 8.19. The molecular weight excluding hydrogens is 244 g/mol. The molecular formula is C10H12N2O4S. The van der Waals surface area contributed by atoms with Crippen LogP contribution in [0.15, 0.2) is 11.4 Å². The van der Waals surface area contributed by atoms with Crippen molar-refractivity contribution >= 4 is 24.0 Å². The quantitative estimate of drug-likeness (QED) is 0.338. The molecule has 92 valence electrons. The van der Waals surface area contributed by atoms with Crippen molar-refractivity contribution in [2.75, 3.05) is 19.5 Å². The number of nitrogens with zero attached hydrogens (tertiary/aromatic N) is 2. The number of carboxylic acid groups (broad SMARTS) is 1. The van der Waals surface area contributed by atoms with E-state index in [1.165, 1.54) is 18.0 Å². The van der Waals surface area contributed by atoms with Crippen LogP contribution >= 0.6 is 11.8 Å². The first-order valence-electron chi connectivity index (χ1n) is 4.86. The lowest BCUT2D eigenvalue weighted by Crippen LogP contribution is -2.07. The number of thioether (sulfide) groups is 1. The van der Waals surface area contributed by atoms with E-state index in [2.05, 4.69) is 9.97 Å². The predicted octanol–water partition coefficient (Wildman–Crippen LogP) is 1.12. The van der Waals surface area contributed by atoms with Gasteiger partial charge in [-0.15, -0.1) is 0 Å². The zero-order valence-electron chi connectivity index (χ0n) is 9.25. The van der Waals surface area contributed by atoms with Crippen LogP contribution in [0, 0.1) is 0 Å². The third-order valence-electron chi connectivity index (χ3n) is 1.85. The highest BCUT2D eigenvalue weighted by Gasteiger charge is 2.13. The molecule has 1 aromatic heterocycles. The summed E-state index contributed by atoms with van der Waals surface area (Å²) < 4.78 is 4.88. The van der Waals surface area contributed by atoms with E-state index in [1.807, 2.05) is 0 Å². The number of aromatic carboxylic acids is 1. The second kappa shape index (κ2) is 6.97. The van der Waals surface area contributed by atoms with Gasteiger partial charge in [-0.2, -0.15) is 0 Å². The second-order valence-electron chi connectivity index (χ2n) is 3.07. The minimum atomic E-state index is -1.23. The second-order valence-corrected chi connectivity index (χ2v) is 4.14. The predicted molar refractivity (Wildman–Crippen MR) is 61.6 cm³/mol. The Morgan fingerprint density at radius 1 is 1.65 bits per heavy atom. The van der Waals surface area contributed by atoms with E-state index in [0.29, 0.717) is 18.0 Å². The lowest BCUT2D eigenvalue weighted by molar-refractivity contribution is 0.0686. The molecule has 1 rings (SSSR count). The van der Waals surface area contributed by atoms with Gasteiger partial charge in [-0.1, -0.05) is 11.8 Å². The third kappa shape index (κ3) is 4.12. The van der Waals surface area contributed by atoms with Crippen molar-refractivity contribution < 1.29 is 19.4 Å². The van der Waals surface area contributed by atoms with Gasteiger partial charge in [0.05, 0.1) is 5.56 Å². The molecule has 1 aromatic rings. The topological polar surface area (TPSA) is 89.4 Å². The molecule has 0 aliphatic rings. The largest absolute Gasteiger partial charge is 0.476 e. The standard InChI is InChI=1S/C10H12N2O4S/c1-16-3-2-4-17-10-11-5-7(6-13)8(12-10)9(14)15/h5-6H,2-4H2,1H3,(H,14,15). The summed E-state index contributed by atoms with van der Waals surface area (Å²) in [5.74, 6) is -0.499. The van der Waals surface area contributed by atoms with E-state index in [9.17, 15) is 9.59 Å². The summed E-state index contributed by atoms with van der Waals surface area (Å²) in [5.41, 5.74) is -0.275. The van der Waals surface area contributed by atoms with E-state index in [-0.39, 0.29) is 11.3 Å². The van der Waals surface area contributed by atoms with Crippen LogP contribution in [0.1, 0.15) is 27.3 Å². The Morgan fingerprint density at radius 2 is 2.41 bits per heavy atom. The van der Waals surface area contributed by atoms with Gasteiger partial charge in [0.2, 0.25) is 0 Å². The fraction of sp³-hybridized carbons (Fsp3) is 0.400. The van der Waals surface area contributed by atoms with Crippen LogP contribution in [-0.2, 0) is 4.74 Å². The van der Waals surface area contributed by atoms with Gasteiger partial charge in [-0.3, -0.25) is 4.79 Å². The molecule has 0 radical (unpaired) electrons. The van der Waals surface area contributed by atoms with E-state index in [4.69, 9.17) is 9.84 Å². The van der Waals surface area contributed by atoms with E-state index in [1.54, 1.807) is 7.11 Å². The van der Waals surface area contributed by atoms with Crippen molar-refractivity contribution in [2.24, 2.45) is 0 Å². The molecule has 0 aromatic carbocycles. The lowest BCUT2D eigenvalue weighted by Gasteiger charge is -2.02. The zero-order chi connectivity index (χ0) is 12.7. The number of methoxy groups -OCH3 is 1. The molecule has 1 heterocycles. The van der Waals surface area contributed by atoms with E-state index in [0.717, 1.165) is 12.2 Å². The van der Waals surface area contributed by atoms with Crippen molar-refractivity contribution in [1.29, 1.82) is 0 Å². The smallest absolute Gasteiger partial charge is 0.355 e. The lowest BCUT2D eigenvalue weighted by atomic mass is 10.2. The summed E-state index contributed by atoms with van der Waals surface area (Å²) in [7, 11) is 1.61. The molecule has 0 saturated heterocycles. The molecule has 0 unspecified atom stereocenters. The highest BCUT2D eigenvalue weighted by Crippen LogP contribution is 2.15. The summed E-state index contributed by atoms with van der Waals surface area (Å²) in [6.07, 6.45) is 2.48. The summed E-state index contributed by atoms with van der Waals surface area (Å²) in [6, 6.07) is 0. The maximum atomic E-state index is 10.8. The number of aromatic nitrogens is 2. The van der Waals surface area contributed by atoms with Crippen molar-refractivity contribution in [3.63, 3.8) is 0 Å². The summed E-state index contributed by atoms with van der Waals surface area (Å²) >= 11 is 1.33. The van der Waals surface area contributed by atoms with E-state index < -0.39 is 5.97 Å². The average Bonchev–Trinajstić information content (AvgIpc) is 2.34. The molecule has 0 spiro atoms. The number of carbonyl (C=O) groups excluding carboxylic acids is 1. The van der Waals surface area contributed by atoms with Crippen LogP contribution in [-0.4, -0.2) is 46.8 Å². The normalized spacial score (nSPS) is 10.2. The molecule has 1 N–H and O–H groups in total. The number of hydrogen-bond donors (Lipinski definition) is 1. The van der Waals surface area contributed by atoms with Gasteiger partial charge >= 0.3 is 5.97 Å². The molecule has 0 saturated carbocycles. The number of ether oxygens (including phenoxy) is 1. The van der Waals surface area contributed by atoms with Crippen LogP contribution < -0.4 is 0 Å².